The number of nitrogens with two attached hydrogens (primary N) is 2. The normalized spacial score (nSPS) is 11.8. The summed E-state index contributed by atoms with van der Waals surface area (Å²) in [6, 6.07) is 5.48. The summed E-state index contributed by atoms with van der Waals surface area (Å²) < 4.78 is 7.28. The number of nitrogens with zero attached hydrogens (tertiary/aromatic N) is 4. The number of hydrogen-bond acceptors (Lipinski definition) is 6. The van der Waals surface area contributed by atoms with Gasteiger partial charge in [-0.2, -0.15) is 5.10 Å². The fraction of sp³-hybridized carbons (Fsp3) is 0.200. The first-order chi connectivity index (χ1) is 11.0. The molecule has 1 aromatic carbocycles. The quantitative estimate of drug-likeness (QED) is 0.455. The average molecular weight is 314 g/mol. The van der Waals surface area contributed by atoms with Crippen molar-refractivity contribution >= 4 is 17.8 Å². The van der Waals surface area contributed by atoms with Crippen LogP contribution in [-0.4, -0.2) is 41.0 Å². The van der Waals surface area contributed by atoms with Gasteiger partial charge in [0.25, 0.3) is 0 Å². The fourth-order valence-electron chi connectivity index (χ4n) is 2.01. The average Bonchev–Trinajstić information content (AvgIpc) is 2.97. The number of carbonyl (C=O) groups is 1. The Morgan fingerprint density at radius 1 is 1.48 bits per heavy atom. The van der Waals surface area contributed by atoms with Gasteiger partial charge in [-0.1, -0.05) is 6.07 Å². The van der Waals surface area contributed by atoms with Crippen LogP contribution >= 0.6 is 0 Å². The maximum Gasteiger partial charge on any atom is 0.239 e. The lowest BCUT2D eigenvalue weighted by atomic mass is 10.1. The first kappa shape index (κ1) is 16.2. The van der Waals surface area contributed by atoms with Crippen molar-refractivity contribution in [2.45, 2.75) is 6.92 Å². The number of primary amides is 1. The number of rotatable bonds is 6. The van der Waals surface area contributed by atoms with E-state index in [-0.39, 0.29) is 6.54 Å². The van der Waals surface area contributed by atoms with Crippen molar-refractivity contribution in [3.63, 3.8) is 0 Å². The molecule has 0 aliphatic heterocycles. The Morgan fingerprint density at radius 2 is 2.26 bits per heavy atom. The first-order valence-electron chi connectivity index (χ1n) is 6.80. The molecule has 2 aromatic rings. The predicted octanol–water partition coefficient (Wildman–Crippen LogP) is 0.408. The van der Waals surface area contributed by atoms with Crippen LogP contribution in [0.15, 0.2) is 40.8 Å². The molecule has 4 N–H and O–H groups in total. The number of aryl methyl sites for hydroxylation is 1. The molecule has 2 rings (SSSR count). The van der Waals surface area contributed by atoms with Crippen LogP contribution in [0.25, 0.3) is 5.69 Å². The van der Waals surface area contributed by atoms with E-state index in [0.29, 0.717) is 17.0 Å². The summed E-state index contributed by atoms with van der Waals surface area (Å²) >= 11 is 0. The second kappa shape index (κ2) is 7.21. The zero-order valence-corrected chi connectivity index (χ0v) is 12.9. The molecule has 23 heavy (non-hydrogen) atoms. The third-order valence-electron chi connectivity index (χ3n) is 3.07. The Kier molecular flexibility index (Phi) is 5.08. The van der Waals surface area contributed by atoms with Crippen LogP contribution in [0.3, 0.4) is 0 Å². The van der Waals surface area contributed by atoms with E-state index in [1.165, 1.54) is 6.21 Å². The minimum Gasteiger partial charge on any atom is -0.495 e. The summed E-state index contributed by atoms with van der Waals surface area (Å²) in [6.07, 6.45) is 5.00. The van der Waals surface area contributed by atoms with Crippen LogP contribution in [-0.2, 0) is 4.79 Å². The van der Waals surface area contributed by atoms with E-state index >= 15 is 0 Å². The Balaban J connectivity index is 2.34. The van der Waals surface area contributed by atoms with Gasteiger partial charge in [-0.25, -0.2) is 4.98 Å². The summed E-state index contributed by atoms with van der Waals surface area (Å²) in [5.74, 6) is 5.49. The van der Waals surface area contributed by atoms with Crippen molar-refractivity contribution in [1.29, 1.82) is 0 Å². The molecule has 1 heterocycles. The van der Waals surface area contributed by atoms with Crippen LogP contribution in [0.4, 0.5) is 0 Å². The highest BCUT2D eigenvalue weighted by molar-refractivity contribution is 6.38. The SMILES string of the molecule is COc1cc(C(C=NCC(N)=O)=NN)ccc1-n1cnc(C)c1. The molecule has 0 unspecified atom stereocenters. The first-order valence-corrected chi connectivity index (χ1v) is 6.80. The Hall–Kier alpha value is -3.16. The van der Waals surface area contributed by atoms with Crippen molar-refractivity contribution < 1.29 is 9.53 Å². The maximum absolute atomic E-state index is 10.7. The van der Waals surface area contributed by atoms with Crippen LogP contribution in [0.5, 0.6) is 5.75 Å². The number of methoxy groups -OCH3 is 1. The molecule has 0 aliphatic rings. The van der Waals surface area contributed by atoms with Gasteiger partial charge in [-0.05, 0) is 19.1 Å². The fourth-order valence-corrected chi connectivity index (χ4v) is 2.01. The zero-order valence-electron chi connectivity index (χ0n) is 12.9. The van der Waals surface area contributed by atoms with Gasteiger partial charge in [-0.3, -0.25) is 9.79 Å². The predicted molar refractivity (Wildman–Crippen MR) is 88.1 cm³/mol. The second-order valence-electron chi connectivity index (χ2n) is 4.76. The Bertz CT molecular complexity index is 763. The molecule has 8 heteroatoms. The van der Waals surface area contributed by atoms with Gasteiger partial charge in [0.2, 0.25) is 5.91 Å². The van der Waals surface area contributed by atoms with Crippen molar-refractivity contribution in [3.8, 4) is 11.4 Å². The second-order valence-corrected chi connectivity index (χ2v) is 4.76. The number of hydrazone groups is 1. The number of aromatic nitrogens is 2. The number of imidazole rings is 1. The van der Waals surface area contributed by atoms with E-state index in [0.717, 1.165) is 11.4 Å². The molecular formula is C15H18N6O2. The standard InChI is InChI=1S/C15H18N6O2/c1-10-8-21(9-19-10)13-4-3-11(5-14(13)23-2)12(20-17)6-18-7-15(16)22/h3-6,8-9H,7,17H2,1-2H3,(H2,16,22). The highest BCUT2D eigenvalue weighted by Gasteiger charge is 2.10. The molecule has 0 saturated carbocycles. The van der Waals surface area contributed by atoms with Crippen LogP contribution in [0, 0.1) is 6.92 Å². The third-order valence-corrected chi connectivity index (χ3v) is 3.07. The van der Waals surface area contributed by atoms with Gasteiger partial charge < -0.3 is 20.9 Å². The number of aliphatic imine (C=N–C) groups is 1. The molecule has 8 nitrogen and oxygen atoms in total. The molecule has 0 radical (unpaired) electrons. The minimum atomic E-state index is -0.527. The van der Waals surface area contributed by atoms with Gasteiger partial charge in [0, 0.05) is 18.0 Å². The smallest absolute Gasteiger partial charge is 0.239 e. The minimum absolute atomic E-state index is 0.122. The summed E-state index contributed by atoms with van der Waals surface area (Å²) in [7, 11) is 1.58. The summed E-state index contributed by atoms with van der Waals surface area (Å²) in [6.45, 7) is 1.79. The number of amides is 1. The van der Waals surface area contributed by atoms with Crippen molar-refractivity contribution in [2.75, 3.05) is 13.7 Å². The number of benzene rings is 1. The molecule has 0 spiro atoms. The largest absolute Gasteiger partial charge is 0.495 e. The van der Waals surface area contributed by atoms with Crippen LogP contribution in [0.2, 0.25) is 0 Å². The van der Waals surface area contributed by atoms with Gasteiger partial charge in [0.05, 0.1) is 24.8 Å². The van der Waals surface area contributed by atoms with Crippen molar-refractivity contribution in [2.24, 2.45) is 21.7 Å². The van der Waals surface area contributed by atoms with Gasteiger partial charge >= 0.3 is 0 Å². The van der Waals surface area contributed by atoms with Crippen molar-refractivity contribution in [1.82, 2.24) is 9.55 Å². The molecular weight excluding hydrogens is 296 g/mol. The molecule has 0 fully saturated rings. The van der Waals surface area contributed by atoms with E-state index in [2.05, 4.69) is 15.1 Å². The highest BCUT2D eigenvalue weighted by atomic mass is 16.5. The number of carbonyl (C=O) groups excluding carboxylic acids is 1. The topological polar surface area (TPSA) is 121 Å². The molecule has 0 aliphatic carbocycles. The van der Waals surface area contributed by atoms with Crippen LogP contribution in [0.1, 0.15) is 11.3 Å². The lowest BCUT2D eigenvalue weighted by Crippen LogP contribution is -2.15. The lowest BCUT2D eigenvalue weighted by molar-refractivity contribution is -0.116. The lowest BCUT2D eigenvalue weighted by Gasteiger charge is -2.11. The maximum atomic E-state index is 10.7. The molecule has 0 saturated heterocycles. The summed E-state index contributed by atoms with van der Waals surface area (Å²) in [4.78, 5) is 18.8. The Morgan fingerprint density at radius 3 is 2.83 bits per heavy atom. The molecule has 1 aromatic heterocycles. The Labute approximate surface area is 133 Å². The molecule has 1 amide bonds. The van der Waals surface area contributed by atoms with E-state index in [9.17, 15) is 4.79 Å². The molecule has 0 bridgehead atoms. The monoisotopic (exact) mass is 314 g/mol. The number of hydrogen-bond donors (Lipinski definition) is 2. The van der Waals surface area contributed by atoms with Gasteiger partial charge in [0.1, 0.15) is 18.0 Å². The number of ether oxygens (including phenoxy) is 1. The molecule has 120 valence electrons. The van der Waals surface area contributed by atoms with E-state index < -0.39 is 5.91 Å². The van der Waals surface area contributed by atoms with E-state index in [1.807, 2.05) is 29.8 Å². The summed E-state index contributed by atoms with van der Waals surface area (Å²) in [5.41, 5.74) is 7.90. The van der Waals surface area contributed by atoms with E-state index in [1.54, 1.807) is 19.5 Å². The van der Waals surface area contributed by atoms with Crippen LogP contribution < -0.4 is 16.3 Å². The zero-order chi connectivity index (χ0) is 16.8. The highest BCUT2D eigenvalue weighted by Crippen LogP contribution is 2.24. The summed E-state index contributed by atoms with van der Waals surface area (Å²) in [5, 5.41) is 3.68. The van der Waals surface area contributed by atoms with E-state index in [4.69, 9.17) is 16.3 Å². The molecule has 0 atom stereocenters. The van der Waals surface area contributed by atoms with Gasteiger partial charge in [-0.15, -0.1) is 0 Å². The third kappa shape index (κ3) is 3.94. The van der Waals surface area contributed by atoms with Crippen molar-refractivity contribution in [3.05, 3.63) is 42.0 Å². The van der Waals surface area contributed by atoms with Gasteiger partial charge in [0.15, 0.2) is 0 Å².